The number of amides is 1. The monoisotopic (exact) mass is 385 g/mol. The molecule has 1 fully saturated rings. The highest BCUT2D eigenvalue weighted by Gasteiger charge is 2.26. The van der Waals surface area contributed by atoms with Crippen LogP contribution < -0.4 is 4.74 Å². The third-order valence-electron chi connectivity index (χ3n) is 4.71. The van der Waals surface area contributed by atoms with Crippen molar-refractivity contribution in [1.29, 1.82) is 0 Å². The van der Waals surface area contributed by atoms with Gasteiger partial charge >= 0.3 is 0 Å². The summed E-state index contributed by atoms with van der Waals surface area (Å²) < 4.78 is 19.2. The standard InChI is InChI=1S/C20H17ClFN3O2/c21-18-11-14(22)5-6-17(18)20(26)25-9-7-15(8-10-25)27-19-16-4-2-1-3-13(16)12-23-24-19/h1-6,11-12,15H,7-10H2. The van der Waals surface area contributed by atoms with E-state index in [0.29, 0.717) is 37.4 Å². The van der Waals surface area contributed by atoms with Gasteiger partial charge < -0.3 is 9.64 Å². The van der Waals surface area contributed by atoms with Gasteiger partial charge in [-0.1, -0.05) is 29.8 Å². The number of hydrogen-bond donors (Lipinski definition) is 0. The molecule has 5 nitrogen and oxygen atoms in total. The molecular formula is C20H17ClFN3O2. The Labute approximate surface area is 160 Å². The van der Waals surface area contributed by atoms with Crippen molar-refractivity contribution in [1.82, 2.24) is 15.1 Å². The zero-order chi connectivity index (χ0) is 18.8. The molecular weight excluding hydrogens is 369 g/mol. The van der Waals surface area contributed by atoms with Crippen molar-refractivity contribution in [3.05, 3.63) is 65.1 Å². The van der Waals surface area contributed by atoms with Crippen LogP contribution in [-0.4, -0.2) is 40.2 Å². The Hall–Kier alpha value is -2.73. The summed E-state index contributed by atoms with van der Waals surface area (Å²) in [5.41, 5.74) is 0.317. The minimum absolute atomic E-state index is 0.0437. The van der Waals surface area contributed by atoms with Gasteiger partial charge in [0.1, 0.15) is 11.9 Å². The highest BCUT2D eigenvalue weighted by atomic mass is 35.5. The molecule has 27 heavy (non-hydrogen) atoms. The number of hydrogen-bond acceptors (Lipinski definition) is 4. The van der Waals surface area contributed by atoms with Crippen LogP contribution in [0.5, 0.6) is 5.88 Å². The molecule has 3 aromatic rings. The Morgan fingerprint density at radius 3 is 2.74 bits per heavy atom. The topological polar surface area (TPSA) is 55.3 Å². The van der Waals surface area contributed by atoms with Crippen LogP contribution in [0, 0.1) is 5.82 Å². The van der Waals surface area contributed by atoms with E-state index < -0.39 is 5.82 Å². The lowest BCUT2D eigenvalue weighted by Crippen LogP contribution is -2.42. The number of ether oxygens (including phenoxy) is 1. The second kappa shape index (κ2) is 7.48. The van der Waals surface area contributed by atoms with Crippen LogP contribution in [0.15, 0.2) is 48.7 Å². The summed E-state index contributed by atoms with van der Waals surface area (Å²) in [7, 11) is 0. The predicted molar refractivity (Wildman–Crippen MR) is 101 cm³/mol. The molecule has 2 aromatic carbocycles. The van der Waals surface area contributed by atoms with Crippen molar-refractivity contribution in [2.45, 2.75) is 18.9 Å². The number of piperidine rings is 1. The molecule has 1 aliphatic rings. The largest absolute Gasteiger partial charge is 0.473 e. The maximum Gasteiger partial charge on any atom is 0.255 e. The smallest absolute Gasteiger partial charge is 0.255 e. The number of halogens is 2. The van der Waals surface area contributed by atoms with Crippen molar-refractivity contribution in [2.24, 2.45) is 0 Å². The first-order valence-corrected chi connectivity index (χ1v) is 9.11. The number of aromatic nitrogens is 2. The molecule has 1 aliphatic heterocycles. The average molecular weight is 386 g/mol. The molecule has 2 heterocycles. The summed E-state index contributed by atoms with van der Waals surface area (Å²) in [4.78, 5) is 14.3. The minimum atomic E-state index is -0.458. The van der Waals surface area contributed by atoms with E-state index in [0.717, 1.165) is 16.8 Å². The molecule has 0 atom stereocenters. The Morgan fingerprint density at radius 2 is 1.96 bits per heavy atom. The summed E-state index contributed by atoms with van der Waals surface area (Å²) in [6.45, 7) is 1.07. The zero-order valence-corrected chi connectivity index (χ0v) is 15.2. The van der Waals surface area contributed by atoms with Crippen molar-refractivity contribution in [2.75, 3.05) is 13.1 Å². The van der Waals surface area contributed by atoms with E-state index in [4.69, 9.17) is 16.3 Å². The van der Waals surface area contributed by atoms with Gasteiger partial charge in [0.15, 0.2) is 0 Å². The van der Waals surface area contributed by atoms with Crippen LogP contribution >= 0.6 is 11.6 Å². The summed E-state index contributed by atoms with van der Waals surface area (Å²) >= 11 is 6.01. The molecule has 4 rings (SSSR count). The Morgan fingerprint density at radius 1 is 1.19 bits per heavy atom. The van der Waals surface area contributed by atoms with Crippen LogP contribution in [0.3, 0.4) is 0 Å². The van der Waals surface area contributed by atoms with E-state index in [1.54, 1.807) is 11.1 Å². The number of fused-ring (bicyclic) bond motifs is 1. The molecule has 0 unspecified atom stereocenters. The Kier molecular flexibility index (Phi) is 4.90. The van der Waals surface area contributed by atoms with Crippen LogP contribution in [0.1, 0.15) is 23.2 Å². The van der Waals surface area contributed by atoms with E-state index in [9.17, 15) is 9.18 Å². The van der Waals surface area contributed by atoms with Gasteiger partial charge in [0.05, 0.1) is 16.8 Å². The second-order valence-electron chi connectivity index (χ2n) is 6.47. The molecule has 0 saturated carbocycles. The van der Waals surface area contributed by atoms with Gasteiger partial charge in [0, 0.05) is 36.7 Å². The number of benzene rings is 2. The highest BCUT2D eigenvalue weighted by molar-refractivity contribution is 6.33. The minimum Gasteiger partial charge on any atom is -0.473 e. The molecule has 1 amide bonds. The maximum atomic E-state index is 13.2. The van der Waals surface area contributed by atoms with Crippen LogP contribution in [0.2, 0.25) is 5.02 Å². The van der Waals surface area contributed by atoms with Gasteiger partial charge in [-0.3, -0.25) is 4.79 Å². The Balaban J connectivity index is 1.42. The second-order valence-corrected chi connectivity index (χ2v) is 6.88. The lowest BCUT2D eigenvalue weighted by atomic mass is 10.1. The summed E-state index contributed by atoms with van der Waals surface area (Å²) in [6.07, 6.45) is 3.01. The summed E-state index contributed by atoms with van der Waals surface area (Å²) in [6, 6.07) is 11.6. The van der Waals surface area contributed by atoms with Gasteiger partial charge in [-0.2, -0.15) is 5.10 Å². The third kappa shape index (κ3) is 3.71. The molecule has 1 aromatic heterocycles. The van der Waals surface area contributed by atoms with Crippen molar-refractivity contribution in [3.8, 4) is 5.88 Å². The number of carbonyl (C=O) groups excluding carboxylic acids is 1. The summed E-state index contributed by atoms with van der Waals surface area (Å²) in [5, 5.41) is 10.1. The van der Waals surface area contributed by atoms with Crippen molar-refractivity contribution >= 4 is 28.3 Å². The van der Waals surface area contributed by atoms with Crippen molar-refractivity contribution < 1.29 is 13.9 Å². The highest BCUT2D eigenvalue weighted by Crippen LogP contribution is 2.26. The quantitative estimate of drug-likeness (QED) is 0.681. The van der Waals surface area contributed by atoms with Crippen LogP contribution in [0.4, 0.5) is 4.39 Å². The fraction of sp³-hybridized carbons (Fsp3) is 0.250. The lowest BCUT2D eigenvalue weighted by molar-refractivity contribution is 0.0589. The first-order chi connectivity index (χ1) is 13.1. The Bertz CT molecular complexity index is 985. The molecule has 0 radical (unpaired) electrons. The van der Waals surface area contributed by atoms with E-state index >= 15 is 0 Å². The van der Waals surface area contributed by atoms with E-state index in [1.165, 1.54) is 12.1 Å². The molecule has 0 N–H and O–H groups in total. The average Bonchev–Trinajstić information content (AvgIpc) is 2.68. The van der Waals surface area contributed by atoms with Crippen molar-refractivity contribution in [3.63, 3.8) is 0 Å². The van der Waals surface area contributed by atoms with E-state index in [1.807, 2.05) is 24.3 Å². The normalized spacial score (nSPS) is 15.1. The van der Waals surface area contributed by atoms with Gasteiger partial charge in [-0.15, -0.1) is 5.10 Å². The van der Waals surface area contributed by atoms with Crippen LogP contribution in [0.25, 0.3) is 10.8 Å². The molecule has 0 bridgehead atoms. The molecule has 0 aliphatic carbocycles. The number of nitrogens with zero attached hydrogens (tertiary/aromatic N) is 3. The number of rotatable bonds is 3. The van der Waals surface area contributed by atoms with E-state index in [2.05, 4.69) is 10.2 Å². The fourth-order valence-corrected chi connectivity index (χ4v) is 3.50. The molecule has 1 saturated heterocycles. The summed E-state index contributed by atoms with van der Waals surface area (Å²) in [5.74, 6) is -0.136. The number of carbonyl (C=O) groups is 1. The first-order valence-electron chi connectivity index (χ1n) is 8.73. The van der Waals surface area contributed by atoms with Gasteiger partial charge in [0.2, 0.25) is 5.88 Å². The SMILES string of the molecule is O=C(c1ccc(F)cc1Cl)N1CCC(Oc2nncc3ccccc23)CC1. The maximum absolute atomic E-state index is 13.2. The van der Waals surface area contributed by atoms with Gasteiger partial charge in [-0.05, 0) is 24.3 Å². The number of likely N-dealkylation sites (tertiary alicyclic amines) is 1. The van der Waals surface area contributed by atoms with Crippen LogP contribution in [-0.2, 0) is 0 Å². The fourth-order valence-electron chi connectivity index (χ4n) is 3.26. The predicted octanol–water partition coefficient (Wildman–Crippen LogP) is 4.11. The first kappa shape index (κ1) is 17.7. The third-order valence-corrected chi connectivity index (χ3v) is 5.02. The lowest BCUT2D eigenvalue weighted by Gasteiger charge is -2.32. The van der Waals surface area contributed by atoms with Gasteiger partial charge in [0.25, 0.3) is 5.91 Å². The van der Waals surface area contributed by atoms with E-state index in [-0.39, 0.29) is 17.0 Å². The molecule has 0 spiro atoms. The van der Waals surface area contributed by atoms with Gasteiger partial charge in [-0.25, -0.2) is 4.39 Å². The molecule has 7 heteroatoms. The zero-order valence-electron chi connectivity index (χ0n) is 14.4. The molecule has 138 valence electrons.